The zero-order chi connectivity index (χ0) is 22.7. The smallest absolute Gasteiger partial charge is 0.0873 e. The number of aliphatic hydroxyl groups excluding tert-OH is 2. The van der Waals surface area contributed by atoms with E-state index in [0.29, 0.717) is 6.42 Å². The summed E-state index contributed by atoms with van der Waals surface area (Å²) in [7, 11) is 0. The third-order valence-corrected chi connectivity index (χ3v) is 5.34. The molecule has 0 saturated carbocycles. The number of fused-ring (bicyclic) bond motifs is 6. The molecule has 0 spiro atoms. The van der Waals surface area contributed by atoms with Crippen molar-refractivity contribution in [2.75, 3.05) is 0 Å². The molecule has 0 aliphatic carbocycles. The molecule has 0 aliphatic heterocycles. The Labute approximate surface area is 207 Å². The Morgan fingerprint density at radius 1 is 0.848 bits per heavy atom. The molecular weight excluding hydrogens is 589 g/mol. The maximum Gasteiger partial charge on any atom is 0.0873 e. The van der Waals surface area contributed by atoms with Crippen molar-refractivity contribution in [3.63, 3.8) is 0 Å². The number of hydrogen-bond acceptors (Lipinski definition) is 4. The largest absolute Gasteiger partial charge is 0.393 e. The van der Waals surface area contributed by atoms with Crippen molar-refractivity contribution in [3.8, 4) is 11.3 Å². The molecule has 5 heteroatoms. The Bertz CT molecular complexity index is 1360. The molecular formula is C28H27IrN2O2-. The van der Waals surface area contributed by atoms with Crippen molar-refractivity contribution in [1.29, 1.82) is 0 Å². The van der Waals surface area contributed by atoms with Crippen LogP contribution >= 0.6 is 0 Å². The van der Waals surface area contributed by atoms with Gasteiger partial charge in [-0.05, 0) is 32.6 Å². The summed E-state index contributed by atoms with van der Waals surface area (Å²) in [6, 6.07) is 26.2. The van der Waals surface area contributed by atoms with Crippen LogP contribution in [-0.2, 0) is 20.1 Å². The van der Waals surface area contributed by atoms with Crippen LogP contribution in [0.1, 0.15) is 25.8 Å². The van der Waals surface area contributed by atoms with Crippen LogP contribution in [0.15, 0.2) is 72.9 Å². The molecule has 4 aromatic carbocycles. The number of aryl methyl sites for hydroxylation is 1. The van der Waals surface area contributed by atoms with Crippen molar-refractivity contribution >= 4 is 32.6 Å². The fourth-order valence-corrected chi connectivity index (χ4v) is 3.95. The second-order valence-corrected chi connectivity index (χ2v) is 8.26. The molecule has 1 aromatic heterocycles. The molecule has 0 fully saturated rings. The van der Waals surface area contributed by atoms with Gasteiger partial charge in [-0.1, -0.05) is 64.9 Å². The summed E-state index contributed by atoms with van der Waals surface area (Å²) in [5.74, 6) is 0. The summed E-state index contributed by atoms with van der Waals surface area (Å²) in [6.45, 7) is 5.43. The third-order valence-electron chi connectivity index (χ3n) is 5.34. The number of benzene rings is 4. The molecule has 1 heterocycles. The molecule has 2 unspecified atom stereocenters. The second-order valence-electron chi connectivity index (χ2n) is 8.26. The van der Waals surface area contributed by atoms with Crippen LogP contribution < -0.4 is 0 Å². The minimum atomic E-state index is -0.375. The summed E-state index contributed by atoms with van der Waals surface area (Å²) in [5.41, 5.74) is 5.05. The van der Waals surface area contributed by atoms with Gasteiger partial charge in [-0.3, -0.25) is 4.98 Å². The zero-order valence-electron chi connectivity index (χ0n) is 18.9. The standard InChI is InChI=1S/C23H15N2.C5H12O2.Ir/c1-15-11-12-18-17-9-5-6-10-19(17)22-23(20(18)13-15)25-21(14-24-22)16-7-3-2-4-8-16;1-4(6)3-5(2)7;/h2-9,11-14H,1H3;4-7H,3H2,1-2H3;/q-1;;. The van der Waals surface area contributed by atoms with Crippen molar-refractivity contribution in [3.05, 3.63) is 84.6 Å². The van der Waals surface area contributed by atoms with Crippen molar-refractivity contribution in [2.24, 2.45) is 0 Å². The maximum absolute atomic E-state index is 8.56. The Balaban J connectivity index is 0.000000337. The Morgan fingerprint density at radius 2 is 1.58 bits per heavy atom. The maximum atomic E-state index is 8.56. The minimum Gasteiger partial charge on any atom is -0.393 e. The molecule has 33 heavy (non-hydrogen) atoms. The SMILES string of the molecule is CC(O)CC(C)O.Cc1ccc2c3ccc[c-]c3c3ncc(-c4ccccc4)nc3c2c1.[Ir]. The van der Waals surface area contributed by atoms with Crippen LogP contribution in [0.4, 0.5) is 0 Å². The molecule has 171 valence electrons. The van der Waals surface area contributed by atoms with Crippen LogP contribution in [0.25, 0.3) is 43.8 Å². The first-order chi connectivity index (χ1) is 15.4. The number of nitrogens with zero attached hydrogens (tertiary/aromatic N) is 2. The van der Waals surface area contributed by atoms with E-state index in [4.69, 9.17) is 20.2 Å². The van der Waals surface area contributed by atoms with Gasteiger partial charge in [-0.15, -0.1) is 29.7 Å². The van der Waals surface area contributed by atoms with E-state index in [2.05, 4.69) is 49.4 Å². The molecule has 4 nitrogen and oxygen atoms in total. The van der Waals surface area contributed by atoms with Crippen LogP contribution in [0.5, 0.6) is 0 Å². The van der Waals surface area contributed by atoms with E-state index in [1.54, 1.807) is 13.8 Å². The first kappa shape index (κ1) is 24.9. The predicted octanol–water partition coefficient (Wildman–Crippen LogP) is 5.85. The molecule has 5 aromatic rings. The third kappa shape index (κ3) is 5.63. The van der Waals surface area contributed by atoms with Gasteiger partial charge in [0.05, 0.1) is 23.4 Å². The number of hydrogen-bond donors (Lipinski definition) is 2. The van der Waals surface area contributed by atoms with Gasteiger partial charge in [-0.2, -0.15) is 0 Å². The Hall–Kier alpha value is -2.69. The van der Waals surface area contributed by atoms with E-state index in [-0.39, 0.29) is 32.3 Å². The van der Waals surface area contributed by atoms with Gasteiger partial charge in [0.2, 0.25) is 0 Å². The normalized spacial score (nSPS) is 12.6. The first-order valence-corrected chi connectivity index (χ1v) is 10.8. The molecule has 2 atom stereocenters. The monoisotopic (exact) mass is 616 g/mol. The fourth-order valence-electron chi connectivity index (χ4n) is 3.95. The van der Waals surface area contributed by atoms with Crippen LogP contribution in [0.3, 0.4) is 0 Å². The number of aliphatic hydroxyl groups is 2. The van der Waals surface area contributed by atoms with E-state index in [1.807, 2.05) is 36.5 Å². The molecule has 0 aliphatic rings. The van der Waals surface area contributed by atoms with Crippen molar-refractivity contribution in [2.45, 2.75) is 39.4 Å². The number of rotatable bonds is 3. The minimum absolute atomic E-state index is 0. The second kappa shape index (κ2) is 11.0. The number of aromatic nitrogens is 2. The molecule has 1 radical (unpaired) electrons. The van der Waals surface area contributed by atoms with Gasteiger partial charge in [-0.25, -0.2) is 0 Å². The summed E-state index contributed by atoms with van der Waals surface area (Å²) >= 11 is 0. The zero-order valence-corrected chi connectivity index (χ0v) is 21.3. The quantitative estimate of drug-likeness (QED) is 0.198. The van der Waals surface area contributed by atoms with Gasteiger partial charge in [0, 0.05) is 37.4 Å². The van der Waals surface area contributed by atoms with E-state index >= 15 is 0 Å². The predicted molar refractivity (Wildman–Crippen MR) is 132 cm³/mol. The Kier molecular flexibility index (Phi) is 8.28. The van der Waals surface area contributed by atoms with Crippen molar-refractivity contribution < 1.29 is 30.3 Å². The molecule has 0 amide bonds. The van der Waals surface area contributed by atoms with Crippen LogP contribution in [0.2, 0.25) is 0 Å². The van der Waals surface area contributed by atoms with Gasteiger partial charge < -0.3 is 15.2 Å². The average molecular weight is 616 g/mol. The first-order valence-electron chi connectivity index (χ1n) is 10.8. The van der Waals surface area contributed by atoms with E-state index in [1.165, 1.54) is 16.3 Å². The van der Waals surface area contributed by atoms with E-state index in [9.17, 15) is 0 Å². The summed E-state index contributed by atoms with van der Waals surface area (Å²) in [5, 5.41) is 21.7. The molecule has 0 bridgehead atoms. The molecule has 0 saturated heterocycles. The summed E-state index contributed by atoms with van der Waals surface area (Å²) < 4.78 is 0. The van der Waals surface area contributed by atoms with Crippen LogP contribution in [-0.4, -0.2) is 32.4 Å². The van der Waals surface area contributed by atoms with Gasteiger partial charge in [0.25, 0.3) is 0 Å². The van der Waals surface area contributed by atoms with Gasteiger partial charge in [0.15, 0.2) is 0 Å². The molecule has 5 rings (SSSR count). The van der Waals surface area contributed by atoms with Crippen molar-refractivity contribution in [1.82, 2.24) is 9.97 Å². The van der Waals surface area contributed by atoms with Gasteiger partial charge >= 0.3 is 0 Å². The van der Waals surface area contributed by atoms with Gasteiger partial charge in [0.1, 0.15) is 0 Å². The van der Waals surface area contributed by atoms with E-state index < -0.39 is 0 Å². The van der Waals surface area contributed by atoms with E-state index in [0.717, 1.165) is 33.1 Å². The summed E-state index contributed by atoms with van der Waals surface area (Å²) in [6.07, 6.45) is 1.58. The topological polar surface area (TPSA) is 66.2 Å². The summed E-state index contributed by atoms with van der Waals surface area (Å²) in [4.78, 5) is 9.75. The molecule has 2 N–H and O–H groups in total. The fraction of sp³-hybridized carbons (Fsp3) is 0.214. The Morgan fingerprint density at radius 3 is 2.24 bits per heavy atom. The average Bonchev–Trinajstić information content (AvgIpc) is 2.79. The van der Waals surface area contributed by atoms with Crippen LogP contribution in [0, 0.1) is 13.0 Å².